The van der Waals surface area contributed by atoms with E-state index in [4.69, 9.17) is 0 Å². The quantitative estimate of drug-likeness (QED) is 0.443. The van der Waals surface area contributed by atoms with E-state index < -0.39 is 16.8 Å². The van der Waals surface area contributed by atoms with Crippen molar-refractivity contribution in [1.29, 1.82) is 0 Å². The molecular formula is C17H13Br2F3O2. The van der Waals surface area contributed by atoms with Crippen LogP contribution in [-0.4, -0.2) is 27.9 Å². The number of ketones is 2. The van der Waals surface area contributed by atoms with Gasteiger partial charge in [-0.2, -0.15) is 13.2 Å². The van der Waals surface area contributed by atoms with E-state index in [0.717, 1.165) is 5.56 Å². The second-order valence-corrected chi connectivity index (χ2v) is 6.03. The number of alkyl halides is 5. The van der Waals surface area contributed by atoms with E-state index in [9.17, 15) is 22.8 Å². The second-order valence-electron chi connectivity index (χ2n) is 4.56. The molecule has 2 nitrogen and oxygen atoms in total. The van der Waals surface area contributed by atoms with Gasteiger partial charge in [-0.1, -0.05) is 92.5 Å². The van der Waals surface area contributed by atoms with Crippen LogP contribution in [0.4, 0.5) is 13.2 Å². The van der Waals surface area contributed by atoms with E-state index in [2.05, 4.69) is 31.9 Å². The average molecular weight is 466 g/mol. The number of hydrogen-bond acceptors (Lipinski definition) is 2. The Balaban J connectivity index is 0.000000254. The van der Waals surface area contributed by atoms with Crippen LogP contribution in [-0.2, 0) is 0 Å². The molecule has 0 saturated carbocycles. The minimum Gasteiger partial charge on any atom is -0.293 e. The summed E-state index contributed by atoms with van der Waals surface area (Å²) in [5, 5.41) is 0.400. The highest BCUT2D eigenvalue weighted by atomic mass is 79.9. The Hall–Kier alpha value is -1.47. The van der Waals surface area contributed by atoms with Crippen LogP contribution in [0.2, 0.25) is 0 Å². The topological polar surface area (TPSA) is 34.1 Å². The van der Waals surface area contributed by atoms with Crippen LogP contribution < -0.4 is 0 Å². The van der Waals surface area contributed by atoms with Crippen molar-refractivity contribution in [2.45, 2.75) is 11.0 Å². The zero-order chi connectivity index (χ0) is 18.2. The lowest BCUT2D eigenvalue weighted by Gasteiger charge is -2.12. The summed E-state index contributed by atoms with van der Waals surface area (Å²) in [6, 6.07) is 16.6. The molecule has 0 aliphatic carbocycles. The summed E-state index contributed by atoms with van der Waals surface area (Å²) in [5.41, 5.74) is 0.811. The highest BCUT2D eigenvalue weighted by Crippen LogP contribution is 2.28. The first kappa shape index (κ1) is 20.6. The molecule has 1 unspecified atom stereocenters. The summed E-state index contributed by atoms with van der Waals surface area (Å²) in [6.45, 7) is 0. The monoisotopic (exact) mass is 464 g/mol. The van der Waals surface area contributed by atoms with Gasteiger partial charge < -0.3 is 0 Å². The Morgan fingerprint density at radius 1 is 0.875 bits per heavy atom. The van der Waals surface area contributed by atoms with Gasteiger partial charge in [-0.25, -0.2) is 0 Å². The average Bonchev–Trinajstić information content (AvgIpc) is 2.61. The summed E-state index contributed by atoms with van der Waals surface area (Å²) in [6.07, 6.45) is -4.55. The lowest BCUT2D eigenvalue weighted by Crippen LogP contribution is -2.31. The highest BCUT2D eigenvalue weighted by molar-refractivity contribution is 9.10. The number of rotatable bonds is 4. The number of Topliss-reactive ketones (excluding diaryl/α,β-unsaturated/α-hetero) is 2. The zero-order valence-corrected chi connectivity index (χ0v) is 15.4. The van der Waals surface area contributed by atoms with Gasteiger partial charge in [0.15, 0.2) is 16.4 Å². The van der Waals surface area contributed by atoms with Gasteiger partial charge in [0.1, 0.15) is 0 Å². The minimum absolute atomic E-state index is 0.0479. The molecule has 0 aliphatic heterocycles. The molecular weight excluding hydrogens is 453 g/mol. The van der Waals surface area contributed by atoms with Crippen molar-refractivity contribution in [3.63, 3.8) is 0 Å². The Morgan fingerprint density at radius 2 is 1.29 bits per heavy atom. The maximum absolute atomic E-state index is 12.1. The molecule has 0 aliphatic rings. The van der Waals surface area contributed by atoms with Crippen molar-refractivity contribution in [1.82, 2.24) is 0 Å². The first-order valence-corrected chi connectivity index (χ1v) is 8.75. The molecule has 0 fully saturated rings. The molecule has 128 valence electrons. The first-order valence-electron chi connectivity index (χ1n) is 6.71. The van der Waals surface area contributed by atoms with Gasteiger partial charge in [-0.15, -0.1) is 0 Å². The normalized spacial score (nSPS) is 11.9. The summed E-state index contributed by atoms with van der Waals surface area (Å²) in [4.78, 5) is 20.1. The molecule has 0 saturated heterocycles. The zero-order valence-electron chi connectivity index (χ0n) is 12.3. The number of carbonyl (C=O) groups is 2. The van der Waals surface area contributed by atoms with E-state index in [0.29, 0.717) is 5.33 Å². The first-order chi connectivity index (χ1) is 11.3. The minimum atomic E-state index is -4.55. The Bertz CT molecular complexity index is 659. The third-order valence-electron chi connectivity index (χ3n) is 2.79. The van der Waals surface area contributed by atoms with Crippen LogP contribution in [0.25, 0.3) is 0 Å². The molecule has 2 aromatic rings. The molecule has 0 spiro atoms. The third kappa shape index (κ3) is 6.57. The van der Waals surface area contributed by atoms with Gasteiger partial charge in [0, 0.05) is 11.1 Å². The lowest BCUT2D eigenvalue weighted by molar-refractivity contribution is -0.118. The smallest absolute Gasteiger partial charge is 0.293 e. The van der Waals surface area contributed by atoms with Crippen molar-refractivity contribution in [2.24, 2.45) is 0 Å². The second kappa shape index (κ2) is 9.74. The van der Waals surface area contributed by atoms with Crippen molar-refractivity contribution < 1.29 is 22.8 Å². The number of halogens is 5. The molecule has 2 aromatic carbocycles. The van der Waals surface area contributed by atoms with Gasteiger partial charge in [-0.05, 0) is 0 Å². The predicted octanol–water partition coefficient (Wildman–Crippen LogP) is 5.46. The maximum atomic E-state index is 12.1. The van der Waals surface area contributed by atoms with Crippen LogP contribution in [0.1, 0.15) is 20.7 Å². The molecule has 0 N–H and O–H groups in total. The van der Waals surface area contributed by atoms with Crippen molar-refractivity contribution in [2.75, 3.05) is 5.33 Å². The molecule has 0 heterocycles. The summed E-state index contributed by atoms with van der Waals surface area (Å²) >= 11 is 5.43. The predicted molar refractivity (Wildman–Crippen MR) is 94.1 cm³/mol. The third-order valence-corrected chi connectivity index (χ3v) is 4.24. The van der Waals surface area contributed by atoms with Gasteiger partial charge in [-0.3, -0.25) is 9.59 Å². The highest BCUT2D eigenvalue weighted by Gasteiger charge is 2.42. The van der Waals surface area contributed by atoms with E-state index in [1.54, 1.807) is 6.07 Å². The van der Waals surface area contributed by atoms with Crippen molar-refractivity contribution in [3.05, 3.63) is 71.8 Å². The molecule has 7 heteroatoms. The lowest BCUT2D eigenvalue weighted by atomic mass is 10.1. The summed E-state index contributed by atoms with van der Waals surface area (Å²) in [5.74, 6) is -0.848. The van der Waals surface area contributed by atoms with Crippen molar-refractivity contribution in [3.8, 4) is 0 Å². The van der Waals surface area contributed by atoms with Crippen LogP contribution >= 0.6 is 31.9 Å². The number of hydrogen-bond donors (Lipinski definition) is 0. The SMILES string of the molecule is O=C(CBr)c1ccccc1.O=C(c1ccccc1)C(Br)C(F)(F)F. The Labute approximate surface area is 154 Å². The molecule has 0 radical (unpaired) electrons. The summed E-state index contributed by atoms with van der Waals surface area (Å²) in [7, 11) is 0. The fourth-order valence-corrected chi connectivity index (χ4v) is 2.19. The number of carbonyl (C=O) groups excluding carboxylic acids is 2. The Morgan fingerprint density at radius 3 is 1.67 bits per heavy atom. The Kier molecular flexibility index (Phi) is 8.35. The maximum Gasteiger partial charge on any atom is 0.408 e. The van der Waals surface area contributed by atoms with Crippen LogP contribution in [0.3, 0.4) is 0 Å². The van der Waals surface area contributed by atoms with Gasteiger partial charge >= 0.3 is 6.18 Å². The van der Waals surface area contributed by atoms with Crippen LogP contribution in [0, 0.1) is 0 Å². The molecule has 2 rings (SSSR count). The molecule has 24 heavy (non-hydrogen) atoms. The summed E-state index contributed by atoms with van der Waals surface area (Å²) < 4.78 is 36.4. The molecule has 0 amide bonds. The van der Waals surface area contributed by atoms with Crippen LogP contribution in [0.5, 0.6) is 0 Å². The van der Waals surface area contributed by atoms with E-state index >= 15 is 0 Å². The molecule has 0 aromatic heterocycles. The largest absolute Gasteiger partial charge is 0.408 e. The molecule has 1 atom stereocenters. The fraction of sp³-hybridized carbons (Fsp3) is 0.176. The van der Waals surface area contributed by atoms with Gasteiger partial charge in [0.05, 0.1) is 5.33 Å². The fourth-order valence-electron chi connectivity index (χ4n) is 1.60. The van der Waals surface area contributed by atoms with E-state index in [1.165, 1.54) is 24.3 Å². The van der Waals surface area contributed by atoms with Gasteiger partial charge in [0.25, 0.3) is 0 Å². The number of benzene rings is 2. The van der Waals surface area contributed by atoms with E-state index in [1.807, 2.05) is 30.3 Å². The molecule has 0 bridgehead atoms. The van der Waals surface area contributed by atoms with Gasteiger partial charge in [0.2, 0.25) is 0 Å². The van der Waals surface area contributed by atoms with Crippen LogP contribution in [0.15, 0.2) is 60.7 Å². The van der Waals surface area contributed by atoms with Crippen molar-refractivity contribution >= 4 is 43.4 Å². The van der Waals surface area contributed by atoms with E-state index in [-0.39, 0.29) is 11.3 Å². The standard InChI is InChI=1S/C9H6BrF3O.C8H7BrO/c10-8(9(11,12)13)7(14)6-4-2-1-3-5-6;9-6-8(10)7-4-2-1-3-5-7/h1-5,8H;1-5H,6H2.